The molecule has 2 nitrogen and oxygen atoms in total. The highest BCUT2D eigenvalue weighted by molar-refractivity contribution is 5.97. The summed E-state index contributed by atoms with van der Waals surface area (Å²) in [7, 11) is 0. The number of Topliss-reactive ketones (excluding diaryl/α,β-unsaturated/α-hetero) is 1. The minimum absolute atomic E-state index is 0.199. The molecule has 0 bridgehead atoms. The highest BCUT2D eigenvalue weighted by atomic mass is 16.1. The van der Waals surface area contributed by atoms with E-state index in [4.69, 9.17) is 0 Å². The Bertz CT molecular complexity index is 650. The second-order valence-electron chi connectivity index (χ2n) is 6.55. The Kier molecular flexibility index (Phi) is 5.24. The van der Waals surface area contributed by atoms with Crippen molar-refractivity contribution in [3.8, 4) is 0 Å². The molecule has 0 aliphatic carbocycles. The van der Waals surface area contributed by atoms with Gasteiger partial charge >= 0.3 is 0 Å². The predicted molar refractivity (Wildman–Crippen MR) is 94.6 cm³/mol. The van der Waals surface area contributed by atoms with Crippen LogP contribution in [0.1, 0.15) is 47.7 Å². The SMILES string of the molecule is C[C@@H]1CCCCN1Cc1ccccc1CC(=O)c1ccccc1. The average Bonchev–Trinajstić information content (AvgIpc) is 2.59. The van der Waals surface area contributed by atoms with Gasteiger partial charge in [0, 0.05) is 24.6 Å². The Hall–Kier alpha value is -1.93. The van der Waals surface area contributed by atoms with Crippen molar-refractivity contribution in [2.45, 2.75) is 45.2 Å². The minimum atomic E-state index is 0.199. The van der Waals surface area contributed by atoms with E-state index in [1.54, 1.807) is 0 Å². The van der Waals surface area contributed by atoms with Crippen LogP contribution in [0.2, 0.25) is 0 Å². The monoisotopic (exact) mass is 307 g/mol. The van der Waals surface area contributed by atoms with Crippen LogP contribution in [-0.4, -0.2) is 23.3 Å². The predicted octanol–water partition coefficient (Wildman–Crippen LogP) is 4.49. The second kappa shape index (κ2) is 7.56. The maximum absolute atomic E-state index is 12.5. The fourth-order valence-corrected chi connectivity index (χ4v) is 3.39. The van der Waals surface area contributed by atoms with E-state index in [9.17, 15) is 4.79 Å². The lowest BCUT2D eigenvalue weighted by atomic mass is 9.97. The van der Waals surface area contributed by atoms with Crippen molar-refractivity contribution in [1.29, 1.82) is 0 Å². The number of likely N-dealkylation sites (tertiary alicyclic amines) is 1. The van der Waals surface area contributed by atoms with Crippen LogP contribution in [0.4, 0.5) is 0 Å². The summed E-state index contributed by atoms with van der Waals surface area (Å²) in [5, 5.41) is 0. The fraction of sp³-hybridized carbons (Fsp3) is 0.381. The zero-order chi connectivity index (χ0) is 16.1. The maximum Gasteiger partial charge on any atom is 0.167 e. The lowest BCUT2D eigenvalue weighted by Gasteiger charge is -2.33. The van der Waals surface area contributed by atoms with E-state index >= 15 is 0 Å². The first-order valence-electron chi connectivity index (χ1n) is 8.63. The number of carbonyl (C=O) groups excluding carboxylic acids is 1. The molecule has 1 fully saturated rings. The molecule has 0 aromatic heterocycles. The van der Waals surface area contributed by atoms with Gasteiger partial charge in [0.25, 0.3) is 0 Å². The second-order valence-corrected chi connectivity index (χ2v) is 6.55. The van der Waals surface area contributed by atoms with Crippen molar-refractivity contribution in [2.24, 2.45) is 0 Å². The molecular formula is C21H25NO. The van der Waals surface area contributed by atoms with Gasteiger partial charge in [0.2, 0.25) is 0 Å². The van der Waals surface area contributed by atoms with E-state index < -0.39 is 0 Å². The molecule has 0 radical (unpaired) electrons. The van der Waals surface area contributed by atoms with E-state index in [1.165, 1.54) is 36.9 Å². The summed E-state index contributed by atoms with van der Waals surface area (Å²) in [5.74, 6) is 0.199. The normalized spacial score (nSPS) is 18.7. The topological polar surface area (TPSA) is 20.3 Å². The van der Waals surface area contributed by atoms with Crippen LogP contribution < -0.4 is 0 Å². The highest BCUT2D eigenvalue weighted by Crippen LogP contribution is 2.21. The Labute approximate surface area is 139 Å². The highest BCUT2D eigenvalue weighted by Gasteiger charge is 2.19. The standard InChI is InChI=1S/C21H25NO/c1-17-9-7-8-14-22(17)16-20-13-6-5-12-19(20)15-21(23)18-10-3-2-4-11-18/h2-6,10-13,17H,7-9,14-16H2,1H3/t17-/m1/s1. The van der Waals surface area contributed by atoms with Crippen molar-refractivity contribution in [3.05, 3.63) is 71.3 Å². The van der Waals surface area contributed by atoms with Crippen molar-refractivity contribution in [3.63, 3.8) is 0 Å². The number of nitrogens with zero attached hydrogens (tertiary/aromatic N) is 1. The summed E-state index contributed by atoms with van der Waals surface area (Å²) >= 11 is 0. The molecule has 1 aliphatic heterocycles. The molecule has 120 valence electrons. The molecule has 1 heterocycles. The maximum atomic E-state index is 12.5. The Morgan fingerprint density at radius 3 is 2.43 bits per heavy atom. The van der Waals surface area contributed by atoms with Gasteiger partial charge < -0.3 is 0 Å². The molecule has 0 N–H and O–H groups in total. The van der Waals surface area contributed by atoms with Gasteiger partial charge in [0.05, 0.1) is 0 Å². The molecule has 2 heteroatoms. The summed E-state index contributed by atoms with van der Waals surface area (Å²) in [4.78, 5) is 15.1. The molecule has 2 aromatic carbocycles. The van der Waals surface area contributed by atoms with E-state index in [0.29, 0.717) is 12.5 Å². The largest absolute Gasteiger partial charge is 0.296 e. The van der Waals surface area contributed by atoms with Crippen LogP contribution in [0.15, 0.2) is 54.6 Å². The van der Waals surface area contributed by atoms with Crippen LogP contribution in [0, 0.1) is 0 Å². The van der Waals surface area contributed by atoms with Crippen molar-refractivity contribution in [1.82, 2.24) is 4.90 Å². The van der Waals surface area contributed by atoms with Gasteiger partial charge in [0.1, 0.15) is 0 Å². The summed E-state index contributed by atoms with van der Waals surface area (Å²) < 4.78 is 0. The van der Waals surface area contributed by atoms with Crippen LogP contribution in [0.3, 0.4) is 0 Å². The quantitative estimate of drug-likeness (QED) is 0.759. The van der Waals surface area contributed by atoms with E-state index in [2.05, 4.69) is 30.0 Å². The Morgan fingerprint density at radius 2 is 1.70 bits per heavy atom. The first-order chi connectivity index (χ1) is 11.2. The molecular weight excluding hydrogens is 282 g/mol. The third-order valence-corrected chi connectivity index (χ3v) is 4.88. The Balaban J connectivity index is 1.74. The van der Waals surface area contributed by atoms with Gasteiger partial charge in [-0.15, -0.1) is 0 Å². The van der Waals surface area contributed by atoms with Crippen molar-refractivity contribution >= 4 is 5.78 Å². The minimum Gasteiger partial charge on any atom is -0.296 e. The summed E-state index contributed by atoms with van der Waals surface area (Å²) in [6, 6.07) is 18.6. The molecule has 1 atom stereocenters. The van der Waals surface area contributed by atoms with Gasteiger partial charge in [-0.05, 0) is 37.4 Å². The Morgan fingerprint density at radius 1 is 1.00 bits per heavy atom. The molecule has 0 unspecified atom stereocenters. The molecule has 0 saturated carbocycles. The van der Waals surface area contributed by atoms with Crippen LogP contribution >= 0.6 is 0 Å². The van der Waals surface area contributed by atoms with E-state index in [0.717, 1.165) is 12.1 Å². The van der Waals surface area contributed by atoms with Crippen molar-refractivity contribution < 1.29 is 4.79 Å². The van der Waals surface area contributed by atoms with Gasteiger partial charge in [-0.1, -0.05) is 61.0 Å². The summed E-state index contributed by atoms with van der Waals surface area (Å²) in [6.45, 7) is 4.44. The smallest absolute Gasteiger partial charge is 0.167 e. The number of hydrogen-bond acceptors (Lipinski definition) is 2. The zero-order valence-electron chi connectivity index (χ0n) is 13.9. The summed E-state index contributed by atoms with van der Waals surface area (Å²) in [6.07, 6.45) is 4.40. The number of hydrogen-bond donors (Lipinski definition) is 0. The molecule has 0 spiro atoms. The molecule has 2 aromatic rings. The molecule has 23 heavy (non-hydrogen) atoms. The van der Waals surface area contributed by atoms with Crippen molar-refractivity contribution in [2.75, 3.05) is 6.54 Å². The first kappa shape index (κ1) is 15.9. The van der Waals surface area contributed by atoms with Gasteiger partial charge in [-0.3, -0.25) is 9.69 Å². The van der Waals surface area contributed by atoms with Crippen LogP contribution in [0.25, 0.3) is 0 Å². The van der Waals surface area contributed by atoms with E-state index in [-0.39, 0.29) is 5.78 Å². The molecule has 1 aliphatic rings. The number of benzene rings is 2. The number of ketones is 1. The van der Waals surface area contributed by atoms with Gasteiger partial charge in [-0.25, -0.2) is 0 Å². The lowest BCUT2D eigenvalue weighted by Crippen LogP contribution is -2.37. The average molecular weight is 307 g/mol. The molecule has 1 saturated heterocycles. The fourth-order valence-electron chi connectivity index (χ4n) is 3.39. The number of carbonyl (C=O) groups is 1. The molecule has 3 rings (SSSR count). The first-order valence-corrected chi connectivity index (χ1v) is 8.63. The van der Waals surface area contributed by atoms with Crippen LogP contribution in [-0.2, 0) is 13.0 Å². The molecule has 0 amide bonds. The van der Waals surface area contributed by atoms with E-state index in [1.807, 2.05) is 36.4 Å². The summed E-state index contributed by atoms with van der Waals surface area (Å²) in [5.41, 5.74) is 3.26. The number of piperidine rings is 1. The zero-order valence-corrected chi connectivity index (χ0v) is 13.9. The number of rotatable bonds is 5. The third-order valence-electron chi connectivity index (χ3n) is 4.88. The van der Waals surface area contributed by atoms with Gasteiger partial charge in [0.15, 0.2) is 5.78 Å². The third kappa shape index (κ3) is 4.08. The van der Waals surface area contributed by atoms with Crippen LogP contribution in [0.5, 0.6) is 0 Å². The van der Waals surface area contributed by atoms with Gasteiger partial charge in [-0.2, -0.15) is 0 Å². The lowest BCUT2D eigenvalue weighted by molar-refractivity contribution is 0.0992.